The maximum Gasteiger partial charge on any atom is 0.0700 e. The van der Waals surface area contributed by atoms with Crippen molar-refractivity contribution < 1.29 is 0 Å². The summed E-state index contributed by atoms with van der Waals surface area (Å²) >= 11 is 6.91. The van der Waals surface area contributed by atoms with Gasteiger partial charge in [0.15, 0.2) is 0 Å². The normalized spacial score (nSPS) is 12.5. The summed E-state index contributed by atoms with van der Waals surface area (Å²) in [5.74, 6) is 0. The molecule has 2 rings (SSSR count). The topological polar surface area (TPSA) is 24.7 Å². The molecule has 0 amide bonds. The van der Waals surface area contributed by atoms with Crippen molar-refractivity contribution in [2.75, 3.05) is 0 Å². The summed E-state index contributed by atoms with van der Waals surface area (Å²) in [4.78, 5) is 0. The fourth-order valence-electron chi connectivity index (χ4n) is 2.07. The molecule has 114 valence electrons. The van der Waals surface area contributed by atoms with Gasteiger partial charge in [-0.3, -0.25) is 0 Å². The number of nitrogens with zero attached hydrogens (tertiary/aromatic N) is 2. The second-order valence-corrected chi connectivity index (χ2v) is 6.65. The molecule has 22 heavy (non-hydrogen) atoms. The minimum Gasteiger partial charge on any atom is -0.155 e. The minimum absolute atomic E-state index is 0.850. The van der Waals surface area contributed by atoms with Crippen LogP contribution in [-0.2, 0) is 0 Å². The van der Waals surface area contributed by atoms with Crippen molar-refractivity contribution in [3.05, 3.63) is 68.6 Å². The Balaban J connectivity index is 2.31. The van der Waals surface area contributed by atoms with Crippen molar-refractivity contribution in [2.24, 2.45) is 10.2 Å². The Kier molecular flexibility index (Phi) is 6.52. The van der Waals surface area contributed by atoms with Crippen LogP contribution in [0.3, 0.4) is 0 Å². The molecular weight excluding hydrogens is 404 g/mol. The molecule has 0 aliphatic rings. The molecule has 0 unspecified atom stereocenters. The van der Waals surface area contributed by atoms with Crippen LogP contribution in [0.2, 0.25) is 0 Å². The van der Waals surface area contributed by atoms with E-state index in [2.05, 4.69) is 80.2 Å². The van der Waals surface area contributed by atoms with Crippen molar-refractivity contribution >= 4 is 43.3 Å². The van der Waals surface area contributed by atoms with Gasteiger partial charge in [0.05, 0.1) is 11.4 Å². The van der Waals surface area contributed by atoms with E-state index in [1.807, 2.05) is 24.3 Å². The molecule has 2 aromatic carbocycles. The zero-order chi connectivity index (χ0) is 15.9. The fraction of sp³-hybridized carbons (Fsp3) is 0.222. The van der Waals surface area contributed by atoms with Gasteiger partial charge < -0.3 is 0 Å². The zero-order valence-corrected chi connectivity index (χ0v) is 15.9. The highest BCUT2D eigenvalue weighted by atomic mass is 79.9. The number of hydrogen-bond donors (Lipinski definition) is 0. The highest BCUT2D eigenvalue weighted by molar-refractivity contribution is 9.10. The molecule has 0 saturated heterocycles. The maximum atomic E-state index is 4.49. The lowest BCUT2D eigenvalue weighted by Crippen LogP contribution is -2.01. The summed E-state index contributed by atoms with van der Waals surface area (Å²) in [6, 6.07) is 16.4. The molecule has 0 spiro atoms. The van der Waals surface area contributed by atoms with Gasteiger partial charge >= 0.3 is 0 Å². The summed E-state index contributed by atoms with van der Waals surface area (Å²) in [5.41, 5.74) is 4.22. The molecule has 0 atom stereocenters. The van der Waals surface area contributed by atoms with Gasteiger partial charge in [-0.15, -0.1) is 0 Å². The first-order chi connectivity index (χ1) is 10.6. The summed E-state index contributed by atoms with van der Waals surface area (Å²) in [6.07, 6.45) is 1.70. The van der Waals surface area contributed by atoms with Crippen molar-refractivity contribution in [1.29, 1.82) is 0 Å². The molecule has 0 heterocycles. The van der Waals surface area contributed by atoms with Crippen LogP contribution in [0.25, 0.3) is 0 Å². The molecule has 0 aliphatic carbocycles. The molecule has 0 saturated carbocycles. The van der Waals surface area contributed by atoms with Crippen molar-refractivity contribution in [1.82, 2.24) is 0 Å². The van der Waals surface area contributed by atoms with Crippen LogP contribution in [0.4, 0.5) is 0 Å². The van der Waals surface area contributed by atoms with Gasteiger partial charge in [-0.05, 0) is 48.2 Å². The van der Waals surface area contributed by atoms with Gasteiger partial charge in [-0.2, -0.15) is 10.2 Å². The van der Waals surface area contributed by atoms with E-state index >= 15 is 0 Å². The van der Waals surface area contributed by atoms with E-state index in [1.54, 1.807) is 0 Å². The molecule has 2 aromatic rings. The van der Waals surface area contributed by atoms with Crippen LogP contribution in [0.15, 0.2) is 67.7 Å². The summed E-state index contributed by atoms with van der Waals surface area (Å²) < 4.78 is 2.14. The van der Waals surface area contributed by atoms with Gasteiger partial charge in [0.1, 0.15) is 0 Å². The molecule has 0 bridgehead atoms. The number of benzene rings is 2. The van der Waals surface area contributed by atoms with Crippen LogP contribution in [0.1, 0.15) is 37.8 Å². The standard InChI is InChI=1S/C18H18Br2N2/c1-3-17(13-5-9-15(19)10-6-13)21-22-18(4-2)14-7-11-16(20)12-8-14/h5-12H,3-4H2,1-2H3/b21-17-,22-18+. The first-order valence-corrected chi connectivity index (χ1v) is 8.88. The van der Waals surface area contributed by atoms with E-state index in [0.29, 0.717) is 0 Å². The third-order valence-electron chi connectivity index (χ3n) is 3.32. The number of hydrogen-bond acceptors (Lipinski definition) is 2. The van der Waals surface area contributed by atoms with E-state index in [-0.39, 0.29) is 0 Å². The monoisotopic (exact) mass is 420 g/mol. The second-order valence-electron chi connectivity index (χ2n) is 4.81. The van der Waals surface area contributed by atoms with E-state index in [9.17, 15) is 0 Å². The largest absolute Gasteiger partial charge is 0.155 e. The van der Waals surface area contributed by atoms with E-state index in [0.717, 1.165) is 44.3 Å². The Morgan fingerprint density at radius 2 is 1.00 bits per heavy atom. The lowest BCUT2D eigenvalue weighted by molar-refractivity contribution is 1.13. The number of halogens is 2. The Bertz CT molecular complexity index is 610. The predicted octanol–water partition coefficient (Wildman–Crippen LogP) is 6.23. The molecular formula is C18H18Br2N2. The zero-order valence-electron chi connectivity index (χ0n) is 12.7. The van der Waals surface area contributed by atoms with E-state index in [4.69, 9.17) is 0 Å². The van der Waals surface area contributed by atoms with Crippen LogP contribution >= 0.6 is 31.9 Å². The molecule has 0 N–H and O–H groups in total. The first kappa shape index (κ1) is 17.1. The van der Waals surface area contributed by atoms with Gasteiger partial charge in [0.2, 0.25) is 0 Å². The number of rotatable bonds is 5. The SMILES string of the molecule is CC/C(=N/N=C(\CC)c1ccc(Br)cc1)c1ccc(Br)cc1. The fourth-order valence-corrected chi connectivity index (χ4v) is 2.60. The molecule has 0 fully saturated rings. The maximum absolute atomic E-state index is 4.49. The Morgan fingerprint density at radius 3 is 1.27 bits per heavy atom. The second kappa shape index (κ2) is 8.39. The van der Waals surface area contributed by atoms with Gasteiger partial charge in [0, 0.05) is 8.95 Å². The summed E-state index contributed by atoms with van der Waals surface area (Å²) in [6.45, 7) is 4.20. The molecule has 0 radical (unpaired) electrons. The quantitative estimate of drug-likeness (QED) is 0.404. The lowest BCUT2D eigenvalue weighted by Gasteiger charge is -2.05. The predicted molar refractivity (Wildman–Crippen MR) is 102 cm³/mol. The van der Waals surface area contributed by atoms with Gasteiger partial charge in [-0.1, -0.05) is 70.0 Å². The molecule has 0 aromatic heterocycles. The van der Waals surface area contributed by atoms with Gasteiger partial charge in [-0.25, -0.2) is 0 Å². The van der Waals surface area contributed by atoms with E-state index < -0.39 is 0 Å². The third-order valence-corrected chi connectivity index (χ3v) is 4.37. The Labute approximate surface area is 148 Å². The minimum atomic E-state index is 0.850. The third kappa shape index (κ3) is 4.62. The van der Waals surface area contributed by atoms with Crippen LogP contribution in [0, 0.1) is 0 Å². The van der Waals surface area contributed by atoms with Crippen molar-refractivity contribution in [3.8, 4) is 0 Å². The Hall–Kier alpha value is -1.26. The van der Waals surface area contributed by atoms with Crippen LogP contribution in [0.5, 0.6) is 0 Å². The summed E-state index contributed by atoms with van der Waals surface area (Å²) in [7, 11) is 0. The van der Waals surface area contributed by atoms with E-state index in [1.165, 1.54) is 0 Å². The highest BCUT2D eigenvalue weighted by Gasteiger charge is 2.03. The highest BCUT2D eigenvalue weighted by Crippen LogP contribution is 2.15. The van der Waals surface area contributed by atoms with Crippen molar-refractivity contribution in [2.45, 2.75) is 26.7 Å². The van der Waals surface area contributed by atoms with Crippen LogP contribution < -0.4 is 0 Å². The van der Waals surface area contributed by atoms with Gasteiger partial charge in [0.25, 0.3) is 0 Å². The average molecular weight is 422 g/mol. The molecule has 4 heteroatoms. The molecule has 0 aliphatic heterocycles. The average Bonchev–Trinajstić information content (AvgIpc) is 2.54. The summed E-state index contributed by atoms with van der Waals surface area (Å²) in [5, 5.41) is 8.98. The lowest BCUT2D eigenvalue weighted by atomic mass is 10.1. The van der Waals surface area contributed by atoms with Crippen molar-refractivity contribution in [3.63, 3.8) is 0 Å². The molecule has 2 nitrogen and oxygen atoms in total. The van der Waals surface area contributed by atoms with Crippen LogP contribution in [-0.4, -0.2) is 11.4 Å². The smallest absolute Gasteiger partial charge is 0.0700 e. The first-order valence-electron chi connectivity index (χ1n) is 7.29. The Morgan fingerprint density at radius 1 is 0.682 bits per heavy atom.